The number of ether oxygens (including phenoxy) is 4. The van der Waals surface area contributed by atoms with E-state index in [1.807, 2.05) is 54.6 Å². The Hall–Kier alpha value is -5.25. The van der Waals surface area contributed by atoms with Gasteiger partial charge in [-0.05, 0) is 42.5 Å². The standard InChI is InChI=1S/C44H49ClN5O10P/c1-29-26-50(43(53)47-41(29)51)38-28-48(44(30-14-8-5-9-15-30,31-16-10-6-11-17-31)32-18-12-7-13-19-32)27-34(59-38)24-35-36(25-37(56-2)40(58-4)39(35)57-3)42(52)46-33-20-22-49(23-21-33)60-61(45,54)55/h5-19,25-26,33-34,38H,20-24,27-28H2,1-4H3,(H,46,52)(H,54,55)(H,47,51,53)/t34-,38+/m0/s1. The molecule has 3 N–H and O–H groups in total. The van der Waals surface area contributed by atoms with Gasteiger partial charge in [0.25, 0.3) is 11.5 Å². The Bertz CT molecular complexity index is 2380. The molecule has 3 heterocycles. The molecule has 0 radical (unpaired) electrons. The molecule has 1 amide bonds. The van der Waals surface area contributed by atoms with Gasteiger partial charge in [-0.15, -0.1) is 0 Å². The van der Waals surface area contributed by atoms with Crippen molar-refractivity contribution in [3.8, 4) is 17.2 Å². The van der Waals surface area contributed by atoms with Gasteiger partial charge in [-0.1, -0.05) is 91.0 Å². The van der Waals surface area contributed by atoms with Gasteiger partial charge in [0.2, 0.25) is 5.75 Å². The summed E-state index contributed by atoms with van der Waals surface area (Å²) in [5.41, 5.74) is 1.96. The number of methoxy groups -OCH3 is 3. The molecule has 0 saturated carbocycles. The van der Waals surface area contributed by atoms with E-state index in [1.54, 1.807) is 13.0 Å². The summed E-state index contributed by atoms with van der Waals surface area (Å²) in [4.78, 5) is 55.0. The van der Waals surface area contributed by atoms with Gasteiger partial charge < -0.3 is 29.2 Å². The van der Waals surface area contributed by atoms with Crippen molar-refractivity contribution in [3.63, 3.8) is 0 Å². The van der Waals surface area contributed by atoms with Crippen molar-refractivity contribution in [1.82, 2.24) is 24.8 Å². The number of benzene rings is 4. The summed E-state index contributed by atoms with van der Waals surface area (Å²) < 4.78 is 42.5. The van der Waals surface area contributed by atoms with Gasteiger partial charge in [-0.25, -0.2) is 14.0 Å². The van der Waals surface area contributed by atoms with E-state index in [2.05, 4.69) is 51.6 Å². The number of carbonyl (C=O) groups excluding carboxylic acids is 1. The smallest absolute Gasteiger partial charge is 0.438 e. The summed E-state index contributed by atoms with van der Waals surface area (Å²) >= 11 is 5.44. The molecule has 15 nitrogen and oxygen atoms in total. The van der Waals surface area contributed by atoms with Crippen molar-refractivity contribution in [1.29, 1.82) is 0 Å². The number of morpholine rings is 1. The highest BCUT2D eigenvalue weighted by molar-refractivity contribution is 7.80. The van der Waals surface area contributed by atoms with Crippen molar-refractivity contribution >= 4 is 24.1 Å². The molecule has 17 heteroatoms. The Morgan fingerprint density at radius 2 is 1.44 bits per heavy atom. The average molecular weight is 874 g/mol. The lowest BCUT2D eigenvalue weighted by Crippen LogP contribution is -2.58. The molecule has 5 aromatic rings. The molecule has 0 bridgehead atoms. The molecule has 7 rings (SSSR count). The van der Waals surface area contributed by atoms with Gasteiger partial charge in [-0.3, -0.25) is 24.0 Å². The van der Waals surface area contributed by atoms with Crippen LogP contribution in [0.25, 0.3) is 0 Å². The van der Waals surface area contributed by atoms with Crippen LogP contribution in [0.4, 0.5) is 0 Å². The topological polar surface area (TPSA) is 174 Å². The molecule has 2 aliphatic rings. The third-order valence-electron chi connectivity index (χ3n) is 11.3. The highest BCUT2D eigenvalue weighted by Gasteiger charge is 2.47. The van der Waals surface area contributed by atoms with Gasteiger partial charge in [0, 0.05) is 67.2 Å². The van der Waals surface area contributed by atoms with E-state index >= 15 is 0 Å². The number of nitrogens with zero attached hydrogens (tertiary/aromatic N) is 3. The zero-order valence-electron chi connectivity index (χ0n) is 34.3. The maximum absolute atomic E-state index is 14.5. The third kappa shape index (κ3) is 9.33. The number of halogens is 1. The van der Waals surface area contributed by atoms with Crippen molar-refractivity contribution in [2.24, 2.45) is 0 Å². The second-order valence-electron chi connectivity index (χ2n) is 15.0. The van der Waals surface area contributed by atoms with Crippen LogP contribution in [-0.4, -0.2) is 90.0 Å². The number of rotatable bonds is 14. The first-order chi connectivity index (χ1) is 29.4. The predicted octanol–water partition coefficient (Wildman–Crippen LogP) is 5.77. The molecule has 61 heavy (non-hydrogen) atoms. The Morgan fingerprint density at radius 1 is 0.885 bits per heavy atom. The number of H-pyrrole nitrogens is 1. The molecule has 4 aromatic carbocycles. The van der Waals surface area contributed by atoms with Crippen LogP contribution in [-0.2, 0) is 25.9 Å². The van der Waals surface area contributed by atoms with E-state index in [-0.39, 0.29) is 54.9 Å². The van der Waals surface area contributed by atoms with Gasteiger partial charge in [0.15, 0.2) is 17.7 Å². The van der Waals surface area contributed by atoms with Gasteiger partial charge >= 0.3 is 12.6 Å². The Labute approximate surface area is 358 Å². The summed E-state index contributed by atoms with van der Waals surface area (Å²) in [7, 11) is 4.44. The van der Waals surface area contributed by atoms with E-state index in [4.69, 9.17) is 34.8 Å². The van der Waals surface area contributed by atoms with Crippen LogP contribution in [0, 0.1) is 6.92 Å². The van der Waals surface area contributed by atoms with Crippen molar-refractivity contribution in [2.45, 2.75) is 50.1 Å². The van der Waals surface area contributed by atoms with Gasteiger partial charge in [0.1, 0.15) is 0 Å². The second kappa shape index (κ2) is 18.8. The lowest BCUT2D eigenvalue weighted by molar-refractivity contribution is -0.138. The van der Waals surface area contributed by atoms with Crippen LogP contribution in [0.5, 0.6) is 17.2 Å². The van der Waals surface area contributed by atoms with Crippen molar-refractivity contribution in [3.05, 3.63) is 157 Å². The molecular formula is C44H49ClN5O10P. The first-order valence-corrected chi connectivity index (χ1v) is 22.3. The van der Waals surface area contributed by atoms with Gasteiger partial charge in [0.05, 0.1) is 38.5 Å². The number of aromatic amines is 1. The largest absolute Gasteiger partial charge is 0.493 e. The molecule has 2 saturated heterocycles. The molecule has 322 valence electrons. The number of aromatic nitrogens is 2. The Morgan fingerprint density at radius 3 is 1.95 bits per heavy atom. The minimum Gasteiger partial charge on any atom is -0.493 e. The monoisotopic (exact) mass is 873 g/mol. The van der Waals surface area contributed by atoms with Gasteiger partial charge in [-0.2, -0.15) is 5.06 Å². The maximum atomic E-state index is 14.5. The number of hydrogen-bond acceptors (Lipinski definition) is 11. The van der Waals surface area contributed by atoms with E-state index in [0.717, 1.165) is 16.7 Å². The predicted molar refractivity (Wildman–Crippen MR) is 229 cm³/mol. The molecule has 1 aromatic heterocycles. The van der Waals surface area contributed by atoms with Crippen molar-refractivity contribution in [2.75, 3.05) is 47.5 Å². The van der Waals surface area contributed by atoms with Crippen LogP contribution >= 0.6 is 18.2 Å². The maximum Gasteiger partial charge on any atom is 0.438 e. The molecule has 1 unspecified atom stereocenters. The Kier molecular flexibility index (Phi) is 13.5. The highest BCUT2D eigenvalue weighted by Crippen LogP contribution is 2.49. The van der Waals surface area contributed by atoms with Crippen LogP contribution in [0.15, 0.2) is 113 Å². The van der Waals surface area contributed by atoms with E-state index in [9.17, 15) is 23.8 Å². The fourth-order valence-electron chi connectivity index (χ4n) is 8.58. The minimum atomic E-state index is -4.26. The van der Waals surface area contributed by atoms with Crippen molar-refractivity contribution < 1.29 is 37.8 Å². The first kappa shape index (κ1) is 43.8. The minimum absolute atomic E-state index is 0.110. The SMILES string of the molecule is COc1cc(C(=O)NC2CCN(OP(=O)(O)Cl)CC2)c(C[C@H]2CN(C(c3ccccc3)(c3ccccc3)c3ccccc3)C[C@H](n3cc(C)c(=O)[nH]c3=O)O2)c(OC)c1OC. The number of aryl methyl sites for hydroxylation is 1. The molecule has 2 aliphatic heterocycles. The molecular weight excluding hydrogens is 825 g/mol. The number of hydrogen-bond donors (Lipinski definition) is 3. The second-order valence-corrected chi connectivity index (χ2v) is 17.3. The van der Waals surface area contributed by atoms with E-state index in [1.165, 1.54) is 37.2 Å². The molecule has 0 aliphatic carbocycles. The summed E-state index contributed by atoms with van der Waals surface area (Å²) in [6.45, 7) is -1.59. The van der Waals surface area contributed by atoms with Crippen LogP contribution < -0.4 is 30.8 Å². The number of piperidine rings is 1. The number of hydroxylamine groups is 2. The first-order valence-electron chi connectivity index (χ1n) is 19.8. The van der Waals surface area contributed by atoms with E-state index < -0.39 is 42.0 Å². The normalized spacial score (nSPS) is 18.9. The zero-order chi connectivity index (χ0) is 43.3. The lowest BCUT2D eigenvalue weighted by atomic mass is 9.75. The molecule has 0 spiro atoms. The highest BCUT2D eigenvalue weighted by atomic mass is 35.7. The quantitative estimate of drug-likeness (QED) is 0.0910. The summed E-state index contributed by atoms with van der Waals surface area (Å²) in [5, 5.41) is 4.44. The number of carbonyl (C=O) groups is 1. The van der Waals surface area contributed by atoms with Crippen LogP contribution in [0.2, 0.25) is 0 Å². The summed E-state index contributed by atoms with van der Waals surface area (Å²) in [5.74, 6) is 0.404. The molecule has 3 atom stereocenters. The summed E-state index contributed by atoms with van der Waals surface area (Å²) in [6, 6.07) is 31.7. The molecule has 2 fully saturated rings. The summed E-state index contributed by atoms with van der Waals surface area (Å²) in [6.07, 6.45) is 0.850. The third-order valence-corrected chi connectivity index (χ3v) is 11.9. The average Bonchev–Trinajstić information content (AvgIpc) is 3.26. The fraction of sp³-hybridized carbons (Fsp3) is 0.341. The zero-order valence-corrected chi connectivity index (χ0v) is 35.9. The lowest BCUT2D eigenvalue weighted by Gasteiger charge is -2.50. The number of amides is 1. The Balaban J connectivity index is 1.35. The van der Waals surface area contributed by atoms with Crippen LogP contribution in [0.1, 0.15) is 57.2 Å². The van der Waals surface area contributed by atoms with E-state index in [0.29, 0.717) is 30.5 Å². The number of nitrogens with one attached hydrogen (secondary N) is 2. The fourth-order valence-corrected chi connectivity index (χ4v) is 9.29. The van der Waals surface area contributed by atoms with Crippen LogP contribution in [0.3, 0.4) is 0 Å².